The molecule has 7 heteroatoms. The third kappa shape index (κ3) is 4.78. The zero-order valence-corrected chi connectivity index (χ0v) is 16.6. The van der Waals surface area contributed by atoms with Gasteiger partial charge in [-0.2, -0.15) is 0 Å². The fraction of sp³-hybridized carbons (Fsp3) is 0.476. The van der Waals surface area contributed by atoms with E-state index in [1.807, 2.05) is 29.2 Å². The monoisotopic (exact) mass is 384 g/mol. The number of ether oxygens (including phenoxy) is 2. The largest absolute Gasteiger partial charge is 0.497 e. The van der Waals surface area contributed by atoms with Gasteiger partial charge in [0.1, 0.15) is 11.4 Å². The van der Waals surface area contributed by atoms with Crippen molar-refractivity contribution >= 4 is 11.9 Å². The van der Waals surface area contributed by atoms with Gasteiger partial charge in [-0.1, -0.05) is 12.1 Å². The van der Waals surface area contributed by atoms with E-state index in [1.165, 1.54) is 0 Å². The van der Waals surface area contributed by atoms with Gasteiger partial charge < -0.3 is 20.1 Å². The molecule has 0 atom stereocenters. The molecule has 2 N–H and O–H groups in total. The van der Waals surface area contributed by atoms with Crippen LogP contribution in [0.2, 0.25) is 0 Å². The molecule has 1 aromatic carbocycles. The van der Waals surface area contributed by atoms with Gasteiger partial charge in [-0.15, -0.1) is 0 Å². The van der Waals surface area contributed by atoms with Crippen molar-refractivity contribution < 1.29 is 14.3 Å². The summed E-state index contributed by atoms with van der Waals surface area (Å²) >= 11 is 0. The number of hydrogen-bond donors (Lipinski definition) is 1. The average Bonchev–Trinajstić information content (AvgIpc) is 2.72. The third-order valence-corrected chi connectivity index (χ3v) is 4.97. The minimum absolute atomic E-state index is 0.105. The molecule has 0 saturated heterocycles. The number of nitrogens with two attached hydrogens (primary N) is 1. The van der Waals surface area contributed by atoms with E-state index in [9.17, 15) is 4.79 Å². The minimum Gasteiger partial charge on any atom is -0.497 e. The molecule has 7 nitrogen and oxygen atoms in total. The van der Waals surface area contributed by atoms with Crippen molar-refractivity contribution in [3.63, 3.8) is 0 Å². The molecular formula is C21H28N4O3. The molecule has 0 unspecified atom stereocenters. The predicted octanol–water partition coefficient (Wildman–Crippen LogP) is 2.63. The number of methoxy groups -OCH3 is 2. The van der Waals surface area contributed by atoms with Gasteiger partial charge >= 0.3 is 0 Å². The first kappa shape index (κ1) is 20.1. The molecule has 0 radical (unpaired) electrons. The van der Waals surface area contributed by atoms with Crippen LogP contribution in [0.15, 0.2) is 24.3 Å². The van der Waals surface area contributed by atoms with Crippen LogP contribution >= 0.6 is 0 Å². The Labute approximate surface area is 165 Å². The van der Waals surface area contributed by atoms with Gasteiger partial charge in [0.2, 0.25) is 5.95 Å². The summed E-state index contributed by atoms with van der Waals surface area (Å²) in [5.74, 6) is 0.832. The summed E-state index contributed by atoms with van der Waals surface area (Å²) in [7, 11) is 3.30. The SMILES string of the molecule is COCCCN(Cc1cccc(OC)c1)C(=O)c1nc(N)nc2c1CCCC2. The number of nitrogens with zero attached hydrogens (tertiary/aromatic N) is 3. The maximum absolute atomic E-state index is 13.4. The number of carbonyl (C=O) groups excluding carboxylic acids is 1. The number of amides is 1. The summed E-state index contributed by atoms with van der Waals surface area (Å²) in [6, 6.07) is 7.75. The van der Waals surface area contributed by atoms with Gasteiger partial charge in [0, 0.05) is 38.1 Å². The van der Waals surface area contributed by atoms with E-state index in [2.05, 4.69) is 9.97 Å². The minimum atomic E-state index is -0.105. The Bertz CT molecular complexity index is 825. The lowest BCUT2D eigenvalue weighted by atomic mass is 9.94. The lowest BCUT2D eigenvalue weighted by Crippen LogP contribution is -2.34. The molecule has 0 saturated carbocycles. The van der Waals surface area contributed by atoms with Crippen LogP contribution in [0.5, 0.6) is 5.75 Å². The van der Waals surface area contributed by atoms with E-state index in [0.717, 1.165) is 54.7 Å². The molecule has 0 aliphatic heterocycles. The number of carbonyl (C=O) groups is 1. The van der Waals surface area contributed by atoms with Crippen molar-refractivity contribution in [1.29, 1.82) is 0 Å². The second-order valence-corrected chi connectivity index (χ2v) is 6.99. The van der Waals surface area contributed by atoms with Gasteiger partial charge in [-0.3, -0.25) is 4.79 Å². The number of nitrogen functional groups attached to an aromatic ring is 1. The smallest absolute Gasteiger partial charge is 0.273 e. The van der Waals surface area contributed by atoms with Gasteiger partial charge in [0.15, 0.2) is 0 Å². The lowest BCUT2D eigenvalue weighted by Gasteiger charge is -2.25. The van der Waals surface area contributed by atoms with Crippen molar-refractivity contribution in [3.05, 3.63) is 46.8 Å². The molecule has 28 heavy (non-hydrogen) atoms. The fourth-order valence-electron chi connectivity index (χ4n) is 3.58. The summed E-state index contributed by atoms with van der Waals surface area (Å²) in [6.07, 6.45) is 4.52. The first-order valence-electron chi connectivity index (χ1n) is 9.68. The first-order chi connectivity index (χ1) is 13.6. The van der Waals surface area contributed by atoms with E-state index in [1.54, 1.807) is 14.2 Å². The van der Waals surface area contributed by atoms with E-state index in [4.69, 9.17) is 15.2 Å². The summed E-state index contributed by atoms with van der Waals surface area (Å²) in [5.41, 5.74) is 9.22. The zero-order chi connectivity index (χ0) is 19.9. The van der Waals surface area contributed by atoms with Crippen molar-refractivity contribution in [2.75, 3.05) is 33.1 Å². The van der Waals surface area contributed by atoms with Crippen LogP contribution in [-0.2, 0) is 24.1 Å². The van der Waals surface area contributed by atoms with Crippen LogP contribution in [0.3, 0.4) is 0 Å². The number of aryl methyl sites for hydroxylation is 1. The Morgan fingerprint density at radius 2 is 2.04 bits per heavy atom. The Hall–Kier alpha value is -2.67. The highest BCUT2D eigenvalue weighted by molar-refractivity contribution is 5.94. The van der Waals surface area contributed by atoms with Crippen molar-refractivity contribution in [2.45, 2.75) is 38.6 Å². The average molecular weight is 384 g/mol. The molecule has 1 amide bonds. The molecule has 1 heterocycles. The Kier molecular flexibility index (Phi) is 6.81. The molecule has 0 fully saturated rings. The molecule has 1 aliphatic carbocycles. The molecule has 0 spiro atoms. The topological polar surface area (TPSA) is 90.6 Å². The van der Waals surface area contributed by atoms with Crippen LogP contribution in [0, 0.1) is 0 Å². The van der Waals surface area contributed by atoms with E-state index < -0.39 is 0 Å². The Morgan fingerprint density at radius 3 is 2.82 bits per heavy atom. The Balaban J connectivity index is 1.89. The third-order valence-electron chi connectivity index (χ3n) is 4.97. The second kappa shape index (κ2) is 9.50. The van der Waals surface area contributed by atoms with Gasteiger partial charge in [-0.25, -0.2) is 9.97 Å². The van der Waals surface area contributed by atoms with Crippen LogP contribution in [-0.4, -0.2) is 48.1 Å². The summed E-state index contributed by atoms with van der Waals surface area (Å²) in [5, 5.41) is 0. The van der Waals surface area contributed by atoms with Crippen LogP contribution < -0.4 is 10.5 Å². The number of benzene rings is 1. The van der Waals surface area contributed by atoms with E-state index in [-0.39, 0.29) is 11.9 Å². The standard InChI is InChI=1S/C21H28N4O3/c1-27-12-6-11-25(14-15-7-5-8-16(13-15)28-2)20(26)19-17-9-3-4-10-18(17)23-21(22)24-19/h5,7-8,13H,3-4,6,9-12,14H2,1-2H3,(H2,22,23,24). The summed E-state index contributed by atoms with van der Waals surface area (Å²) < 4.78 is 10.5. The van der Waals surface area contributed by atoms with E-state index in [0.29, 0.717) is 25.4 Å². The van der Waals surface area contributed by atoms with Crippen LogP contribution in [0.1, 0.15) is 46.6 Å². The number of anilines is 1. The zero-order valence-electron chi connectivity index (χ0n) is 16.6. The number of aromatic nitrogens is 2. The highest BCUT2D eigenvalue weighted by Crippen LogP contribution is 2.24. The van der Waals surface area contributed by atoms with Gasteiger partial charge in [-0.05, 0) is 49.8 Å². The molecule has 0 bridgehead atoms. The van der Waals surface area contributed by atoms with Crippen molar-refractivity contribution in [1.82, 2.24) is 14.9 Å². The van der Waals surface area contributed by atoms with Gasteiger partial charge in [0.25, 0.3) is 5.91 Å². The normalized spacial score (nSPS) is 13.1. The van der Waals surface area contributed by atoms with Crippen molar-refractivity contribution in [3.8, 4) is 5.75 Å². The van der Waals surface area contributed by atoms with Crippen LogP contribution in [0.4, 0.5) is 5.95 Å². The number of hydrogen-bond acceptors (Lipinski definition) is 6. The number of rotatable bonds is 8. The molecule has 2 aromatic rings. The summed E-state index contributed by atoms with van der Waals surface area (Å²) in [6.45, 7) is 1.63. The maximum Gasteiger partial charge on any atom is 0.273 e. The first-order valence-corrected chi connectivity index (χ1v) is 9.68. The molecule has 1 aliphatic rings. The number of fused-ring (bicyclic) bond motifs is 1. The second-order valence-electron chi connectivity index (χ2n) is 6.99. The van der Waals surface area contributed by atoms with Gasteiger partial charge in [0.05, 0.1) is 7.11 Å². The lowest BCUT2D eigenvalue weighted by molar-refractivity contribution is 0.0716. The highest BCUT2D eigenvalue weighted by atomic mass is 16.5. The van der Waals surface area contributed by atoms with Crippen LogP contribution in [0.25, 0.3) is 0 Å². The highest BCUT2D eigenvalue weighted by Gasteiger charge is 2.25. The molecule has 150 valence electrons. The fourth-order valence-corrected chi connectivity index (χ4v) is 3.58. The molecule has 3 rings (SSSR count). The molecular weight excluding hydrogens is 356 g/mol. The van der Waals surface area contributed by atoms with E-state index >= 15 is 0 Å². The quantitative estimate of drug-likeness (QED) is 0.704. The maximum atomic E-state index is 13.4. The summed E-state index contributed by atoms with van der Waals surface area (Å²) in [4.78, 5) is 23.9. The Morgan fingerprint density at radius 1 is 1.21 bits per heavy atom. The van der Waals surface area contributed by atoms with Crippen molar-refractivity contribution in [2.24, 2.45) is 0 Å². The predicted molar refractivity (Wildman–Crippen MR) is 107 cm³/mol. The molecule has 1 aromatic heterocycles.